The van der Waals surface area contributed by atoms with E-state index in [4.69, 9.17) is 0 Å². The van der Waals surface area contributed by atoms with E-state index in [-0.39, 0.29) is 0 Å². The van der Waals surface area contributed by atoms with E-state index in [9.17, 15) is 8.42 Å². The number of allylic oxidation sites excluding steroid dienone is 3. The van der Waals surface area contributed by atoms with Gasteiger partial charge in [0.15, 0.2) is 0 Å². The van der Waals surface area contributed by atoms with Crippen molar-refractivity contribution < 1.29 is 8.42 Å². The Balaban J connectivity index is 2.06. The van der Waals surface area contributed by atoms with Crippen molar-refractivity contribution in [2.24, 2.45) is 0 Å². The number of hydrogen-bond acceptors (Lipinski definition) is 2. The van der Waals surface area contributed by atoms with Crippen molar-refractivity contribution in [1.82, 2.24) is 0 Å². The molecule has 3 rings (SSSR count). The second-order valence-electron chi connectivity index (χ2n) is 5.86. The number of benzene rings is 1. The second kappa shape index (κ2) is 4.88. The van der Waals surface area contributed by atoms with Crippen LogP contribution in [0.15, 0.2) is 54.1 Å². The Morgan fingerprint density at radius 3 is 2.76 bits per heavy atom. The minimum atomic E-state index is -3.48. The highest BCUT2D eigenvalue weighted by atomic mass is 32.2. The lowest BCUT2D eigenvalue weighted by molar-refractivity contribution is 0.555. The molecule has 0 spiro atoms. The van der Waals surface area contributed by atoms with E-state index >= 15 is 0 Å². The van der Waals surface area contributed by atoms with Gasteiger partial charge in [0.1, 0.15) is 4.75 Å². The maximum Gasteiger partial charge on any atom is 0.244 e. The summed E-state index contributed by atoms with van der Waals surface area (Å²) in [6, 6.07) is 7.62. The Morgan fingerprint density at radius 1 is 1.24 bits per heavy atom. The lowest BCUT2D eigenvalue weighted by Crippen LogP contribution is -2.47. The molecule has 0 amide bonds. The van der Waals surface area contributed by atoms with Gasteiger partial charge in [-0.2, -0.15) is 0 Å². The number of rotatable bonds is 2. The van der Waals surface area contributed by atoms with Gasteiger partial charge < -0.3 is 0 Å². The lowest BCUT2D eigenvalue weighted by atomic mass is 9.96. The SMILES string of the molecule is CC1=CC=CC(C)(S(=O)(=O)N2CC=Cc3ccccc32)C1. The molecule has 1 aliphatic heterocycles. The highest BCUT2D eigenvalue weighted by molar-refractivity contribution is 7.94. The highest BCUT2D eigenvalue weighted by Gasteiger charge is 2.42. The van der Waals surface area contributed by atoms with Crippen molar-refractivity contribution in [1.29, 1.82) is 0 Å². The molecule has 0 N–H and O–H groups in total. The van der Waals surface area contributed by atoms with Gasteiger partial charge in [-0.25, -0.2) is 8.42 Å². The topological polar surface area (TPSA) is 37.4 Å². The average molecular weight is 301 g/mol. The Hall–Kier alpha value is -1.81. The zero-order chi connectivity index (χ0) is 15.1. The maximum atomic E-state index is 13.2. The molecule has 1 unspecified atom stereocenters. The summed E-state index contributed by atoms with van der Waals surface area (Å²) in [5.74, 6) is 0. The van der Waals surface area contributed by atoms with Gasteiger partial charge in [0.05, 0.1) is 12.2 Å². The van der Waals surface area contributed by atoms with Crippen LogP contribution in [-0.2, 0) is 10.0 Å². The van der Waals surface area contributed by atoms with Crippen LogP contribution in [0, 0.1) is 0 Å². The summed E-state index contributed by atoms with van der Waals surface area (Å²) in [6.07, 6.45) is 10.0. The molecule has 2 aliphatic rings. The smallest absolute Gasteiger partial charge is 0.244 e. The summed E-state index contributed by atoms with van der Waals surface area (Å²) in [7, 11) is -3.48. The van der Waals surface area contributed by atoms with Crippen molar-refractivity contribution in [3.8, 4) is 0 Å². The third kappa shape index (κ3) is 2.23. The molecule has 3 nitrogen and oxygen atoms in total. The van der Waals surface area contributed by atoms with Crippen LogP contribution in [0.1, 0.15) is 25.8 Å². The number of sulfonamides is 1. The zero-order valence-electron chi connectivity index (χ0n) is 12.3. The van der Waals surface area contributed by atoms with Crippen molar-refractivity contribution in [3.63, 3.8) is 0 Å². The monoisotopic (exact) mass is 301 g/mol. The normalized spacial score (nSPS) is 24.7. The molecule has 110 valence electrons. The lowest BCUT2D eigenvalue weighted by Gasteiger charge is -2.37. The van der Waals surface area contributed by atoms with Gasteiger partial charge in [-0.3, -0.25) is 4.31 Å². The van der Waals surface area contributed by atoms with Gasteiger partial charge in [-0.05, 0) is 31.9 Å². The molecule has 0 radical (unpaired) electrons. The van der Waals surface area contributed by atoms with Crippen LogP contribution in [-0.4, -0.2) is 19.7 Å². The van der Waals surface area contributed by atoms with Gasteiger partial charge in [-0.15, -0.1) is 0 Å². The first kappa shape index (κ1) is 14.1. The largest absolute Gasteiger partial charge is 0.265 e. The molecular weight excluding hydrogens is 282 g/mol. The minimum Gasteiger partial charge on any atom is -0.265 e. The van der Waals surface area contributed by atoms with Gasteiger partial charge in [-0.1, -0.05) is 54.2 Å². The van der Waals surface area contributed by atoms with Crippen LogP contribution < -0.4 is 4.31 Å². The first-order valence-corrected chi connectivity index (χ1v) is 8.51. The van der Waals surface area contributed by atoms with E-state index in [1.54, 1.807) is 13.0 Å². The molecule has 1 aliphatic carbocycles. The number of fused-ring (bicyclic) bond motifs is 1. The first-order valence-electron chi connectivity index (χ1n) is 7.07. The summed E-state index contributed by atoms with van der Waals surface area (Å²) < 4.78 is 27.0. The van der Waals surface area contributed by atoms with E-state index in [0.29, 0.717) is 13.0 Å². The maximum absolute atomic E-state index is 13.2. The third-order valence-electron chi connectivity index (χ3n) is 4.11. The van der Waals surface area contributed by atoms with Crippen molar-refractivity contribution >= 4 is 21.8 Å². The molecule has 1 heterocycles. The summed E-state index contributed by atoms with van der Waals surface area (Å²) in [6.45, 7) is 4.17. The molecule has 1 aromatic rings. The number of hydrogen-bond donors (Lipinski definition) is 0. The Kier molecular flexibility index (Phi) is 3.29. The van der Waals surface area contributed by atoms with E-state index < -0.39 is 14.8 Å². The predicted octanol–water partition coefficient (Wildman–Crippen LogP) is 3.51. The third-order valence-corrected chi connectivity index (χ3v) is 6.50. The zero-order valence-corrected chi connectivity index (χ0v) is 13.1. The molecule has 0 saturated carbocycles. The van der Waals surface area contributed by atoms with Crippen molar-refractivity contribution in [2.45, 2.75) is 25.0 Å². The van der Waals surface area contributed by atoms with Crippen LogP contribution in [0.25, 0.3) is 6.08 Å². The van der Waals surface area contributed by atoms with E-state index in [1.165, 1.54) is 4.31 Å². The molecule has 1 atom stereocenters. The summed E-state index contributed by atoms with van der Waals surface area (Å²) in [5, 5.41) is 0. The van der Waals surface area contributed by atoms with Crippen LogP contribution in [0.4, 0.5) is 5.69 Å². The Bertz CT molecular complexity index is 759. The van der Waals surface area contributed by atoms with Crippen LogP contribution in [0.5, 0.6) is 0 Å². The fourth-order valence-corrected chi connectivity index (χ4v) is 4.84. The second-order valence-corrected chi connectivity index (χ2v) is 8.18. The van der Waals surface area contributed by atoms with Crippen molar-refractivity contribution in [3.05, 3.63) is 59.7 Å². The van der Waals surface area contributed by atoms with Gasteiger partial charge >= 0.3 is 0 Å². The first-order chi connectivity index (χ1) is 9.94. The van der Waals surface area contributed by atoms with Crippen LogP contribution in [0.3, 0.4) is 0 Å². The van der Waals surface area contributed by atoms with Crippen LogP contribution >= 0.6 is 0 Å². The Labute approximate surface area is 126 Å². The molecule has 0 bridgehead atoms. The number of para-hydroxylation sites is 1. The fourth-order valence-electron chi connectivity index (χ4n) is 2.97. The minimum absolute atomic E-state index is 0.394. The van der Waals surface area contributed by atoms with Crippen LogP contribution in [0.2, 0.25) is 0 Å². The molecular formula is C17H19NO2S. The van der Waals surface area contributed by atoms with Crippen molar-refractivity contribution in [2.75, 3.05) is 10.8 Å². The fraction of sp³-hybridized carbons (Fsp3) is 0.294. The van der Waals surface area contributed by atoms with Gasteiger partial charge in [0, 0.05) is 0 Å². The molecule has 21 heavy (non-hydrogen) atoms. The van der Waals surface area contributed by atoms with E-state index in [2.05, 4.69) is 0 Å². The molecule has 4 heteroatoms. The molecule has 0 fully saturated rings. The quantitative estimate of drug-likeness (QED) is 0.838. The summed E-state index contributed by atoms with van der Waals surface area (Å²) >= 11 is 0. The number of nitrogens with zero attached hydrogens (tertiary/aromatic N) is 1. The predicted molar refractivity (Wildman–Crippen MR) is 87.7 cm³/mol. The molecule has 0 saturated heterocycles. The number of anilines is 1. The van der Waals surface area contributed by atoms with E-state index in [0.717, 1.165) is 16.8 Å². The van der Waals surface area contributed by atoms with E-state index in [1.807, 2.05) is 55.5 Å². The average Bonchev–Trinajstić information content (AvgIpc) is 2.46. The molecule has 0 aromatic heterocycles. The Morgan fingerprint density at radius 2 is 2.00 bits per heavy atom. The van der Waals surface area contributed by atoms with Gasteiger partial charge in [0.25, 0.3) is 0 Å². The summed E-state index contributed by atoms with van der Waals surface area (Å²) in [4.78, 5) is 0. The molecule has 1 aromatic carbocycles. The summed E-state index contributed by atoms with van der Waals surface area (Å²) in [5.41, 5.74) is 2.80. The highest BCUT2D eigenvalue weighted by Crippen LogP contribution is 2.37. The standard InChI is InChI=1S/C17H19NO2S/c1-14-7-5-11-17(2,13-14)21(19,20)18-12-6-9-15-8-3-4-10-16(15)18/h3-11H,12-13H2,1-2H3. The van der Waals surface area contributed by atoms with Gasteiger partial charge in [0.2, 0.25) is 10.0 Å².